The van der Waals surface area contributed by atoms with Gasteiger partial charge in [-0.3, -0.25) is 10.1 Å². The monoisotopic (exact) mass is 268 g/mol. The first-order valence-electron chi connectivity index (χ1n) is 6.79. The van der Waals surface area contributed by atoms with Gasteiger partial charge in [-0.1, -0.05) is 20.3 Å². The fraction of sp³-hybridized carbons (Fsp3) is 0.769. The number of hydrogen-bond acceptors (Lipinski definition) is 4. The lowest BCUT2D eigenvalue weighted by Crippen LogP contribution is -2.25. The van der Waals surface area contributed by atoms with Crippen LogP contribution in [0, 0.1) is 23.0 Å². The van der Waals surface area contributed by atoms with Gasteiger partial charge >= 0.3 is 5.69 Å². The van der Waals surface area contributed by atoms with Crippen LogP contribution in [0.2, 0.25) is 0 Å². The molecule has 19 heavy (non-hydrogen) atoms. The van der Waals surface area contributed by atoms with Gasteiger partial charge in [0.1, 0.15) is 5.69 Å². The Morgan fingerprint density at radius 2 is 1.95 bits per heavy atom. The van der Waals surface area contributed by atoms with Crippen LogP contribution in [-0.2, 0) is 0 Å². The number of hydrogen-bond donors (Lipinski definition) is 1. The number of anilines is 1. The van der Waals surface area contributed by atoms with Crippen LogP contribution in [0.25, 0.3) is 0 Å². The van der Waals surface area contributed by atoms with Crippen LogP contribution in [0.3, 0.4) is 0 Å². The number of nitrogens with zero attached hydrogens (tertiary/aromatic N) is 3. The van der Waals surface area contributed by atoms with Crippen LogP contribution in [0.1, 0.15) is 52.8 Å². The molecule has 1 rings (SSSR count). The van der Waals surface area contributed by atoms with Crippen molar-refractivity contribution < 1.29 is 4.92 Å². The van der Waals surface area contributed by atoms with E-state index >= 15 is 0 Å². The first-order valence-corrected chi connectivity index (χ1v) is 6.79. The Balaban J connectivity index is 3.19. The van der Waals surface area contributed by atoms with Gasteiger partial charge in [0.25, 0.3) is 0 Å². The molecule has 1 aromatic heterocycles. The lowest BCUT2D eigenvalue weighted by atomic mass is 10.0. The molecule has 6 heteroatoms. The van der Waals surface area contributed by atoms with Gasteiger partial charge in [-0.15, -0.1) is 0 Å². The highest BCUT2D eigenvalue weighted by atomic mass is 16.6. The van der Waals surface area contributed by atoms with Gasteiger partial charge in [0.15, 0.2) is 0 Å². The second kappa shape index (κ2) is 6.04. The van der Waals surface area contributed by atoms with Gasteiger partial charge in [0.05, 0.1) is 4.92 Å². The number of aryl methyl sites for hydroxylation is 1. The highest BCUT2D eigenvalue weighted by Crippen LogP contribution is 2.31. The maximum absolute atomic E-state index is 11.2. The smallest absolute Gasteiger partial charge is 0.333 e. The zero-order chi connectivity index (χ0) is 14.7. The molecule has 0 aliphatic carbocycles. The maximum atomic E-state index is 11.2. The molecule has 0 spiro atoms. The Morgan fingerprint density at radius 3 is 2.37 bits per heavy atom. The van der Waals surface area contributed by atoms with Crippen molar-refractivity contribution in [1.29, 1.82) is 0 Å². The molecule has 2 unspecified atom stereocenters. The molecule has 6 nitrogen and oxygen atoms in total. The summed E-state index contributed by atoms with van der Waals surface area (Å²) in [5.74, 6) is 0.959. The van der Waals surface area contributed by atoms with E-state index in [1.165, 1.54) is 0 Å². The number of rotatable bonds is 6. The highest BCUT2D eigenvalue weighted by Gasteiger charge is 2.28. The van der Waals surface area contributed by atoms with Crippen molar-refractivity contribution in [1.82, 2.24) is 9.78 Å². The third kappa shape index (κ3) is 3.24. The van der Waals surface area contributed by atoms with Gasteiger partial charge < -0.3 is 5.32 Å². The second-order valence-electron chi connectivity index (χ2n) is 5.40. The third-order valence-corrected chi connectivity index (χ3v) is 3.59. The summed E-state index contributed by atoms with van der Waals surface area (Å²) in [6.07, 6.45) is 1.02. The van der Waals surface area contributed by atoms with Gasteiger partial charge in [0, 0.05) is 12.1 Å². The summed E-state index contributed by atoms with van der Waals surface area (Å²) in [6, 6.07) is 0.247. The number of nitro groups is 1. The fourth-order valence-corrected chi connectivity index (χ4v) is 1.98. The van der Waals surface area contributed by atoms with Crippen molar-refractivity contribution in [3.63, 3.8) is 0 Å². The zero-order valence-corrected chi connectivity index (χ0v) is 12.6. The minimum absolute atomic E-state index is 0.0824. The van der Waals surface area contributed by atoms with Crippen LogP contribution in [0.5, 0.6) is 0 Å². The van der Waals surface area contributed by atoms with Gasteiger partial charge in [0.2, 0.25) is 5.82 Å². The molecule has 0 aromatic carbocycles. The van der Waals surface area contributed by atoms with Crippen molar-refractivity contribution in [3.8, 4) is 0 Å². The van der Waals surface area contributed by atoms with Crippen molar-refractivity contribution in [3.05, 3.63) is 15.8 Å². The molecular formula is C13H24N4O2. The van der Waals surface area contributed by atoms with Gasteiger partial charge in [-0.2, -0.15) is 5.10 Å². The molecular weight excluding hydrogens is 244 g/mol. The van der Waals surface area contributed by atoms with Crippen LogP contribution in [-0.4, -0.2) is 20.7 Å². The van der Waals surface area contributed by atoms with Crippen LogP contribution in [0.4, 0.5) is 11.5 Å². The van der Waals surface area contributed by atoms with Crippen LogP contribution in [0.15, 0.2) is 0 Å². The molecule has 0 fully saturated rings. The summed E-state index contributed by atoms with van der Waals surface area (Å²) >= 11 is 0. The summed E-state index contributed by atoms with van der Waals surface area (Å²) in [4.78, 5) is 10.9. The van der Waals surface area contributed by atoms with Gasteiger partial charge in [-0.25, -0.2) is 4.68 Å². The van der Waals surface area contributed by atoms with E-state index in [-0.39, 0.29) is 22.7 Å². The van der Waals surface area contributed by atoms with E-state index in [1.54, 1.807) is 11.6 Å². The van der Waals surface area contributed by atoms with E-state index in [2.05, 4.69) is 24.3 Å². The molecule has 1 N–H and O–H groups in total. The lowest BCUT2D eigenvalue weighted by Gasteiger charge is -2.22. The Kier molecular flexibility index (Phi) is 4.91. The first kappa shape index (κ1) is 15.5. The van der Waals surface area contributed by atoms with Crippen LogP contribution < -0.4 is 5.32 Å². The SMILES string of the molecule is CCC(C)C(C)Nc1c([N+](=O)[O-])c(C)nn1C(C)C. The summed E-state index contributed by atoms with van der Waals surface area (Å²) < 4.78 is 1.70. The standard InChI is InChI=1S/C13H24N4O2/c1-7-9(4)10(5)14-13-12(17(18)19)11(6)15-16(13)8(2)3/h8-10,14H,7H2,1-6H3. The summed E-state index contributed by atoms with van der Waals surface area (Å²) in [5.41, 5.74) is 0.543. The summed E-state index contributed by atoms with van der Waals surface area (Å²) in [6.45, 7) is 11.9. The third-order valence-electron chi connectivity index (χ3n) is 3.59. The average molecular weight is 268 g/mol. The summed E-state index contributed by atoms with van der Waals surface area (Å²) in [7, 11) is 0. The van der Waals surface area contributed by atoms with Crippen molar-refractivity contribution in [2.45, 2.75) is 60.0 Å². The topological polar surface area (TPSA) is 73.0 Å². The van der Waals surface area contributed by atoms with Crippen molar-refractivity contribution >= 4 is 11.5 Å². The zero-order valence-electron chi connectivity index (χ0n) is 12.6. The predicted octanol–water partition coefficient (Wildman–Crippen LogP) is 3.53. The molecule has 0 bridgehead atoms. The maximum Gasteiger partial charge on any atom is 0.333 e. The molecule has 0 aliphatic rings. The number of nitrogens with one attached hydrogen (secondary N) is 1. The Bertz CT molecular complexity index is 454. The molecule has 0 saturated heterocycles. The largest absolute Gasteiger partial charge is 0.362 e. The van der Waals surface area contributed by atoms with E-state index in [0.29, 0.717) is 17.4 Å². The van der Waals surface area contributed by atoms with Crippen molar-refractivity contribution in [2.75, 3.05) is 5.32 Å². The quantitative estimate of drug-likeness (QED) is 0.632. The van der Waals surface area contributed by atoms with E-state index in [0.717, 1.165) is 6.42 Å². The molecule has 2 atom stereocenters. The normalized spacial score (nSPS) is 14.5. The first-order chi connectivity index (χ1) is 8.79. The molecule has 108 valence electrons. The predicted molar refractivity (Wildman–Crippen MR) is 76.5 cm³/mol. The molecule has 0 amide bonds. The van der Waals surface area contributed by atoms with Gasteiger partial charge in [-0.05, 0) is 33.6 Å². The average Bonchev–Trinajstić information content (AvgIpc) is 2.65. The van der Waals surface area contributed by atoms with E-state index < -0.39 is 0 Å². The Morgan fingerprint density at radius 1 is 1.37 bits per heavy atom. The highest BCUT2D eigenvalue weighted by molar-refractivity contribution is 5.60. The molecule has 0 aliphatic heterocycles. The van der Waals surface area contributed by atoms with Crippen LogP contribution >= 0.6 is 0 Å². The fourth-order valence-electron chi connectivity index (χ4n) is 1.98. The van der Waals surface area contributed by atoms with E-state index in [9.17, 15) is 10.1 Å². The minimum Gasteiger partial charge on any atom is -0.362 e. The number of aromatic nitrogens is 2. The second-order valence-corrected chi connectivity index (χ2v) is 5.40. The molecule has 1 aromatic rings. The van der Waals surface area contributed by atoms with E-state index in [1.807, 2.05) is 20.8 Å². The molecule has 0 radical (unpaired) electrons. The Labute approximate surface area is 114 Å². The Hall–Kier alpha value is -1.59. The van der Waals surface area contributed by atoms with E-state index in [4.69, 9.17) is 0 Å². The molecule has 0 saturated carbocycles. The molecule has 1 heterocycles. The van der Waals surface area contributed by atoms with Crippen molar-refractivity contribution in [2.24, 2.45) is 5.92 Å². The summed E-state index contributed by atoms with van der Waals surface area (Å²) in [5, 5.41) is 18.8. The lowest BCUT2D eigenvalue weighted by molar-refractivity contribution is -0.384. The minimum atomic E-state index is -0.354.